The zero-order valence-electron chi connectivity index (χ0n) is 8.11. The average Bonchev–Trinajstić information content (AvgIpc) is 2.76. The molecule has 4 heteroatoms. The Morgan fingerprint density at radius 3 is 2.73 bits per heavy atom. The molecular weight excluding hydrogens is 228 g/mol. The zero-order valence-corrected chi connectivity index (χ0v) is 9.68. The van der Waals surface area contributed by atoms with Crippen LogP contribution in [-0.2, 0) is 12.4 Å². The van der Waals surface area contributed by atoms with Gasteiger partial charge in [-0.15, -0.1) is 22.9 Å². The predicted octanol–water partition coefficient (Wildman–Crippen LogP) is 3.49. The summed E-state index contributed by atoms with van der Waals surface area (Å²) in [6.45, 7) is 0.802. The molecule has 0 atom stereocenters. The Morgan fingerprint density at radius 2 is 2.07 bits per heavy atom. The van der Waals surface area contributed by atoms with Gasteiger partial charge in [0.25, 0.3) is 0 Å². The van der Waals surface area contributed by atoms with Gasteiger partial charge in [0.2, 0.25) is 0 Å². The Balaban J connectivity index is 1.93. The molecule has 0 aliphatic carbocycles. The van der Waals surface area contributed by atoms with Crippen LogP contribution in [0.4, 0.5) is 5.13 Å². The normalized spacial score (nSPS) is 10.2. The van der Waals surface area contributed by atoms with Gasteiger partial charge in [0.15, 0.2) is 5.13 Å². The first-order valence-electron chi connectivity index (χ1n) is 4.66. The molecule has 0 saturated heterocycles. The summed E-state index contributed by atoms with van der Waals surface area (Å²) >= 11 is 7.26. The number of benzene rings is 1. The van der Waals surface area contributed by atoms with Crippen molar-refractivity contribution in [3.8, 4) is 0 Å². The molecule has 0 amide bonds. The molecule has 15 heavy (non-hydrogen) atoms. The standard InChI is InChI=1S/C11H11ClN2S/c12-6-10-8-15-11(14-10)13-7-9-4-2-1-3-5-9/h1-5,8H,6-7H2,(H,13,14). The zero-order chi connectivity index (χ0) is 10.5. The topological polar surface area (TPSA) is 24.9 Å². The number of hydrogen-bond acceptors (Lipinski definition) is 3. The minimum absolute atomic E-state index is 0.476. The second kappa shape index (κ2) is 5.14. The molecule has 1 N–H and O–H groups in total. The van der Waals surface area contributed by atoms with Gasteiger partial charge in [-0.2, -0.15) is 0 Å². The van der Waals surface area contributed by atoms with E-state index in [-0.39, 0.29) is 0 Å². The third kappa shape index (κ3) is 2.94. The lowest BCUT2D eigenvalue weighted by atomic mass is 10.2. The molecular formula is C11H11ClN2S. The fourth-order valence-electron chi connectivity index (χ4n) is 1.22. The largest absolute Gasteiger partial charge is 0.357 e. The average molecular weight is 239 g/mol. The SMILES string of the molecule is ClCc1csc(NCc2ccccc2)n1. The third-order valence-electron chi connectivity index (χ3n) is 1.98. The molecule has 2 rings (SSSR count). The molecule has 0 bridgehead atoms. The van der Waals surface area contributed by atoms with Crippen LogP contribution in [0.25, 0.3) is 0 Å². The Kier molecular flexibility index (Phi) is 3.59. The van der Waals surface area contributed by atoms with E-state index in [2.05, 4.69) is 22.4 Å². The molecule has 0 aliphatic heterocycles. The molecule has 0 fully saturated rings. The Morgan fingerprint density at radius 1 is 1.27 bits per heavy atom. The highest BCUT2D eigenvalue weighted by molar-refractivity contribution is 7.13. The second-order valence-corrected chi connectivity index (χ2v) is 4.24. The summed E-state index contributed by atoms with van der Waals surface area (Å²) in [6, 6.07) is 10.2. The van der Waals surface area contributed by atoms with Crippen LogP contribution >= 0.6 is 22.9 Å². The second-order valence-electron chi connectivity index (χ2n) is 3.12. The van der Waals surface area contributed by atoms with E-state index < -0.39 is 0 Å². The highest BCUT2D eigenvalue weighted by atomic mass is 35.5. The first-order chi connectivity index (χ1) is 7.38. The number of halogens is 1. The Labute approximate surface area is 97.9 Å². The van der Waals surface area contributed by atoms with Crippen molar-refractivity contribution in [3.05, 3.63) is 47.0 Å². The van der Waals surface area contributed by atoms with Crippen molar-refractivity contribution in [1.29, 1.82) is 0 Å². The fraction of sp³-hybridized carbons (Fsp3) is 0.182. The van der Waals surface area contributed by atoms with Crippen LogP contribution in [0.5, 0.6) is 0 Å². The molecule has 1 aromatic carbocycles. The quantitative estimate of drug-likeness (QED) is 0.825. The summed E-state index contributed by atoms with van der Waals surface area (Å²) in [5, 5.41) is 6.16. The highest BCUT2D eigenvalue weighted by Crippen LogP contribution is 2.17. The van der Waals surface area contributed by atoms with Gasteiger partial charge in [-0.1, -0.05) is 30.3 Å². The lowest BCUT2D eigenvalue weighted by Crippen LogP contribution is -1.98. The van der Waals surface area contributed by atoms with Crippen LogP contribution in [0.1, 0.15) is 11.3 Å². The minimum atomic E-state index is 0.476. The number of hydrogen-bond donors (Lipinski definition) is 1. The molecule has 0 aliphatic rings. The number of thiazole rings is 1. The van der Waals surface area contributed by atoms with Crippen molar-refractivity contribution in [2.24, 2.45) is 0 Å². The number of nitrogens with one attached hydrogen (secondary N) is 1. The molecule has 0 radical (unpaired) electrons. The molecule has 1 heterocycles. The lowest BCUT2D eigenvalue weighted by Gasteiger charge is -2.01. The summed E-state index contributed by atoms with van der Waals surface area (Å²) in [6.07, 6.45) is 0. The van der Waals surface area contributed by atoms with Crippen LogP contribution < -0.4 is 5.32 Å². The first-order valence-corrected chi connectivity index (χ1v) is 6.08. The van der Waals surface area contributed by atoms with E-state index in [1.807, 2.05) is 23.6 Å². The van der Waals surface area contributed by atoms with Gasteiger partial charge in [-0.25, -0.2) is 4.98 Å². The van der Waals surface area contributed by atoms with Gasteiger partial charge in [-0.3, -0.25) is 0 Å². The van der Waals surface area contributed by atoms with Crippen LogP contribution in [0, 0.1) is 0 Å². The van der Waals surface area contributed by atoms with Crippen LogP contribution in [0.2, 0.25) is 0 Å². The van der Waals surface area contributed by atoms with E-state index in [0.29, 0.717) is 5.88 Å². The Hall–Kier alpha value is -1.06. The summed E-state index contributed by atoms with van der Waals surface area (Å²) in [5.41, 5.74) is 2.18. The molecule has 0 unspecified atom stereocenters. The van der Waals surface area contributed by atoms with E-state index in [0.717, 1.165) is 17.4 Å². The maximum atomic E-state index is 5.67. The van der Waals surface area contributed by atoms with Crippen molar-refractivity contribution in [2.45, 2.75) is 12.4 Å². The summed E-state index contributed by atoms with van der Waals surface area (Å²) in [7, 11) is 0. The number of nitrogens with zero attached hydrogens (tertiary/aromatic N) is 1. The van der Waals surface area contributed by atoms with Crippen molar-refractivity contribution in [1.82, 2.24) is 4.98 Å². The van der Waals surface area contributed by atoms with E-state index in [1.54, 1.807) is 11.3 Å². The van der Waals surface area contributed by atoms with Crippen LogP contribution in [0.3, 0.4) is 0 Å². The number of alkyl halides is 1. The minimum Gasteiger partial charge on any atom is -0.357 e. The molecule has 2 aromatic rings. The highest BCUT2D eigenvalue weighted by Gasteiger charge is 1.99. The van der Waals surface area contributed by atoms with E-state index in [9.17, 15) is 0 Å². The summed E-state index contributed by atoms with van der Waals surface area (Å²) in [4.78, 5) is 4.32. The third-order valence-corrected chi connectivity index (χ3v) is 3.10. The van der Waals surface area contributed by atoms with Gasteiger partial charge >= 0.3 is 0 Å². The van der Waals surface area contributed by atoms with Gasteiger partial charge in [-0.05, 0) is 5.56 Å². The first kappa shape index (κ1) is 10.5. The van der Waals surface area contributed by atoms with Crippen molar-refractivity contribution in [2.75, 3.05) is 5.32 Å². The molecule has 0 saturated carbocycles. The van der Waals surface area contributed by atoms with Gasteiger partial charge in [0.1, 0.15) is 0 Å². The van der Waals surface area contributed by atoms with Crippen LogP contribution in [0.15, 0.2) is 35.7 Å². The molecule has 2 nitrogen and oxygen atoms in total. The van der Waals surface area contributed by atoms with Gasteiger partial charge in [0, 0.05) is 11.9 Å². The van der Waals surface area contributed by atoms with E-state index in [4.69, 9.17) is 11.6 Å². The van der Waals surface area contributed by atoms with Crippen LogP contribution in [-0.4, -0.2) is 4.98 Å². The summed E-state index contributed by atoms with van der Waals surface area (Å²) in [5.74, 6) is 0.476. The van der Waals surface area contributed by atoms with Crippen molar-refractivity contribution >= 4 is 28.1 Å². The number of aromatic nitrogens is 1. The van der Waals surface area contributed by atoms with Crippen molar-refractivity contribution < 1.29 is 0 Å². The number of rotatable bonds is 4. The Bertz CT molecular complexity index is 414. The maximum Gasteiger partial charge on any atom is 0.183 e. The van der Waals surface area contributed by atoms with E-state index in [1.165, 1.54) is 5.56 Å². The maximum absolute atomic E-state index is 5.67. The lowest BCUT2D eigenvalue weighted by molar-refractivity contribution is 1.11. The smallest absolute Gasteiger partial charge is 0.183 e. The van der Waals surface area contributed by atoms with Crippen molar-refractivity contribution in [3.63, 3.8) is 0 Å². The number of anilines is 1. The summed E-state index contributed by atoms with van der Waals surface area (Å²) < 4.78 is 0. The molecule has 1 aromatic heterocycles. The predicted molar refractivity (Wildman–Crippen MR) is 65.4 cm³/mol. The van der Waals surface area contributed by atoms with Gasteiger partial charge < -0.3 is 5.32 Å². The van der Waals surface area contributed by atoms with E-state index >= 15 is 0 Å². The molecule has 78 valence electrons. The monoisotopic (exact) mass is 238 g/mol. The fourth-order valence-corrected chi connectivity index (χ4v) is 2.16. The molecule has 0 spiro atoms. The van der Waals surface area contributed by atoms with Gasteiger partial charge in [0.05, 0.1) is 11.6 Å².